The minimum atomic E-state index is -1.02. The summed E-state index contributed by atoms with van der Waals surface area (Å²) in [5.41, 5.74) is 3.77. The molecule has 9 aromatic rings. The molecule has 0 radical (unpaired) electrons. The van der Waals surface area contributed by atoms with Crippen LogP contribution >= 0.6 is 0 Å². The van der Waals surface area contributed by atoms with E-state index in [9.17, 15) is 40.9 Å². The molecule has 0 bridgehead atoms. The van der Waals surface area contributed by atoms with Gasteiger partial charge in [-0.3, -0.25) is 0 Å². The van der Waals surface area contributed by atoms with Crippen LogP contribution in [0.3, 0.4) is 0 Å². The summed E-state index contributed by atoms with van der Waals surface area (Å²) in [6.45, 7) is 0. The van der Waals surface area contributed by atoms with Crippen LogP contribution in [0.1, 0.15) is 0 Å². The van der Waals surface area contributed by atoms with Gasteiger partial charge in [-0.1, -0.05) is 97.1 Å². The summed E-state index contributed by atoms with van der Waals surface area (Å²) >= 11 is 0. The van der Waals surface area contributed by atoms with Crippen molar-refractivity contribution in [3.63, 3.8) is 0 Å². The molecular formula is C42H26O9. The zero-order valence-corrected chi connectivity index (χ0v) is 26.4. The summed E-state index contributed by atoms with van der Waals surface area (Å²) in [4.78, 5) is 0. The first-order valence-electron chi connectivity index (χ1n) is 15.9. The Bertz CT molecular complexity index is 2850. The van der Waals surface area contributed by atoms with E-state index in [0.29, 0.717) is 16.7 Å². The summed E-state index contributed by atoms with van der Waals surface area (Å²) < 4.78 is 6.36. The van der Waals surface area contributed by atoms with Crippen LogP contribution in [0.5, 0.6) is 46.0 Å². The number of hydrogen-bond donors (Lipinski definition) is 8. The highest BCUT2D eigenvalue weighted by Gasteiger charge is 2.32. The van der Waals surface area contributed by atoms with E-state index < -0.39 is 46.0 Å². The first-order chi connectivity index (χ1) is 24.7. The highest BCUT2D eigenvalue weighted by Crippen LogP contribution is 2.61. The molecule has 9 rings (SSSR count). The van der Waals surface area contributed by atoms with Crippen LogP contribution < -0.4 is 0 Å². The van der Waals surface area contributed by atoms with Crippen molar-refractivity contribution in [1.82, 2.24) is 0 Å². The summed E-state index contributed by atoms with van der Waals surface area (Å²) in [6.07, 6.45) is 0. The minimum absolute atomic E-state index is 0.00166. The van der Waals surface area contributed by atoms with Crippen molar-refractivity contribution >= 4 is 54.3 Å². The molecule has 0 atom stereocenters. The van der Waals surface area contributed by atoms with Gasteiger partial charge in [0.1, 0.15) is 11.2 Å². The van der Waals surface area contributed by atoms with E-state index in [4.69, 9.17) is 4.42 Å². The molecule has 0 saturated heterocycles. The lowest BCUT2D eigenvalue weighted by Gasteiger charge is -2.22. The fourth-order valence-corrected chi connectivity index (χ4v) is 7.41. The quantitative estimate of drug-likeness (QED) is 0.0515. The second-order valence-electron chi connectivity index (χ2n) is 12.4. The number of benzene rings is 8. The van der Waals surface area contributed by atoms with Crippen LogP contribution in [-0.4, -0.2) is 40.9 Å². The third-order valence-electron chi connectivity index (χ3n) is 9.73. The lowest BCUT2D eigenvalue weighted by Crippen LogP contribution is -1.94. The molecule has 9 heteroatoms. The molecule has 0 aliphatic carbocycles. The van der Waals surface area contributed by atoms with E-state index in [0.717, 1.165) is 38.3 Å². The average molecular weight is 675 g/mol. The standard InChI is InChI=1S/C42H26O9/c43-34-30-27(21-8-2-1-3-9-21)31-33(37(46)41(50)39(48)35(31)44)28(32(30)36(45)40(49)38(34)47)22-15-13-20(14-16-22)23-11-6-12-26-29(23)25-18-17-19-7-4-5-10-24(19)42(25)51-26/h1-18,43-50H. The van der Waals surface area contributed by atoms with Crippen LogP contribution in [-0.2, 0) is 0 Å². The van der Waals surface area contributed by atoms with Gasteiger partial charge in [-0.2, -0.15) is 0 Å². The summed E-state index contributed by atoms with van der Waals surface area (Å²) in [6, 6.07) is 33.1. The highest BCUT2D eigenvalue weighted by molar-refractivity contribution is 6.29. The molecule has 8 N–H and O–H groups in total. The predicted molar refractivity (Wildman–Crippen MR) is 196 cm³/mol. The number of furan rings is 1. The van der Waals surface area contributed by atoms with Crippen LogP contribution in [0.15, 0.2) is 114 Å². The molecule has 0 fully saturated rings. The third kappa shape index (κ3) is 4.03. The van der Waals surface area contributed by atoms with Crippen molar-refractivity contribution in [3.05, 3.63) is 109 Å². The molecule has 1 aromatic heterocycles. The second-order valence-corrected chi connectivity index (χ2v) is 12.4. The topological polar surface area (TPSA) is 175 Å². The van der Waals surface area contributed by atoms with Gasteiger partial charge in [-0.05, 0) is 39.8 Å². The van der Waals surface area contributed by atoms with Crippen molar-refractivity contribution in [2.45, 2.75) is 0 Å². The molecule has 1 heterocycles. The molecule has 0 unspecified atom stereocenters. The van der Waals surface area contributed by atoms with E-state index in [1.54, 1.807) is 54.6 Å². The lowest BCUT2D eigenvalue weighted by molar-refractivity contribution is 0.350. The van der Waals surface area contributed by atoms with Crippen LogP contribution in [0.2, 0.25) is 0 Å². The van der Waals surface area contributed by atoms with Crippen molar-refractivity contribution in [2.75, 3.05) is 0 Å². The SMILES string of the molecule is Oc1c(O)c(O)c2c(-c3ccc(-c4cccc5oc6c7ccccc7ccc6c45)cc3)c3c(O)c(O)c(O)c(O)c3c(-c3ccccc3)c2c1O. The number of aromatic hydroxyl groups is 8. The number of phenolic OH excluding ortho intramolecular Hbond substituents is 8. The van der Waals surface area contributed by atoms with Crippen molar-refractivity contribution in [3.8, 4) is 79.4 Å². The maximum absolute atomic E-state index is 11.4. The number of phenols is 8. The molecule has 0 saturated carbocycles. The predicted octanol–water partition coefficient (Wildman–Crippen LogP) is 9.69. The monoisotopic (exact) mass is 674 g/mol. The Kier molecular flexibility index (Phi) is 6.21. The molecular weight excluding hydrogens is 648 g/mol. The molecule has 248 valence electrons. The van der Waals surface area contributed by atoms with Crippen LogP contribution in [0.4, 0.5) is 0 Å². The molecule has 0 amide bonds. The third-order valence-corrected chi connectivity index (χ3v) is 9.73. The molecule has 0 spiro atoms. The van der Waals surface area contributed by atoms with Crippen molar-refractivity contribution < 1.29 is 45.3 Å². The van der Waals surface area contributed by atoms with E-state index in [2.05, 4.69) is 0 Å². The van der Waals surface area contributed by atoms with E-state index >= 15 is 0 Å². The van der Waals surface area contributed by atoms with Gasteiger partial charge in [0.15, 0.2) is 23.0 Å². The van der Waals surface area contributed by atoms with Crippen molar-refractivity contribution in [1.29, 1.82) is 0 Å². The number of rotatable bonds is 3. The van der Waals surface area contributed by atoms with E-state index in [-0.39, 0.29) is 32.7 Å². The fourth-order valence-electron chi connectivity index (χ4n) is 7.41. The average Bonchev–Trinajstić information content (AvgIpc) is 3.56. The smallest absolute Gasteiger partial charge is 0.204 e. The molecule has 9 nitrogen and oxygen atoms in total. The minimum Gasteiger partial charge on any atom is -0.504 e. The number of hydrogen-bond acceptors (Lipinski definition) is 9. The zero-order valence-electron chi connectivity index (χ0n) is 26.4. The van der Waals surface area contributed by atoms with Gasteiger partial charge in [0.2, 0.25) is 23.0 Å². The summed E-state index contributed by atoms with van der Waals surface area (Å²) in [7, 11) is 0. The maximum Gasteiger partial charge on any atom is 0.204 e. The second kappa shape index (κ2) is 10.6. The largest absolute Gasteiger partial charge is 0.504 e. The lowest BCUT2D eigenvalue weighted by atomic mass is 9.83. The number of fused-ring (bicyclic) bond motifs is 7. The Labute approximate surface area is 287 Å². The first-order valence-corrected chi connectivity index (χ1v) is 15.9. The Balaban J connectivity index is 1.37. The van der Waals surface area contributed by atoms with Gasteiger partial charge in [-0.25, -0.2) is 0 Å². The zero-order chi connectivity index (χ0) is 35.3. The van der Waals surface area contributed by atoms with Gasteiger partial charge in [-0.15, -0.1) is 0 Å². The Morgan fingerprint density at radius 1 is 0.333 bits per heavy atom. The van der Waals surface area contributed by atoms with E-state index in [1.807, 2.05) is 54.6 Å². The molecule has 51 heavy (non-hydrogen) atoms. The first kappa shape index (κ1) is 29.8. The van der Waals surface area contributed by atoms with Crippen LogP contribution in [0, 0.1) is 0 Å². The highest BCUT2D eigenvalue weighted by atomic mass is 16.4. The van der Waals surface area contributed by atoms with Crippen LogP contribution in [0.25, 0.3) is 87.6 Å². The fraction of sp³-hybridized carbons (Fsp3) is 0. The Morgan fingerprint density at radius 2 is 0.824 bits per heavy atom. The van der Waals surface area contributed by atoms with Gasteiger partial charge < -0.3 is 45.3 Å². The maximum atomic E-state index is 11.4. The summed E-state index contributed by atoms with van der Waals surface area (Å²) in [5, 5.41) is 91.6. The Morgan fingerprint density at radius 3 is 1.39 bits per heavy atom. The van der Waals surface area contributed by atoms with Crippen molar-refractivity contribution in [2.24, 2.45) is 0 Å². The molecule has 0 aliphatic rings. The molecule has 8 aromatic carbocycles. The van der Waals surface area contributed by atoms with Gasteiger partial charge in [0, 0.05) is 48.8 Å². The molecule has 0 aliphatic heterocycles. The summed E-state index contributed by atoms with van der Waals surface area (Å²) in [5.74, 6) is -7.37. The van der Waals surface area contributed by atoms with Gasteiger partial charge >= 0.3 is 0 Å². The normalized spacial score (nSPS) is 11.8. The van der Waals surface area contributed by atoms with Gasteiger partial charge in [0.05, 0.1) is 0 Å². The van der Waals surface area contributed by atoms with Gasteiger partial charge in [0.25, 0.3) is 0 Å². The van der Waals surface area contributed by atoms with E-state index in [1.165, 1.54) is 0 Å². The Hall–Kier alpha value is -7.26.